The van der Waals surface area contributed by atoms with Crippen LogP contribution in [0.15, 0.2) is 41.7 Å². The summed E-state index contributed by atoms with van der Waals surface area (Å²) in [5.74, 6) is 2.42. The van der Waals surface area contributed by atoms with Crippen molar-refractivity contribution in [1.29, 1.82) is 0 Å². The Hall–Kier alpha value is -3.80. The van der Waals surface area contributed by atoms with Gasteiger partial charge in [0, 0.05) is 78.2 Å². The van der Waals surface area contributed by atoms with E-state index in [0.717, 1.165) is 23.6 Å². The molecule has 4 rings (SSSR count). The lowest BCUT2D eigenvalue weighted by Gasteiger charge is -2.36. The summed E-state index contributed by atoms with van der Waals surface area (Å²) in [6, 6.07) is 4.63. The van der Waals surface area contributed by atoms with Crippen LogP contribution in [-0.4, -0.2) is 76.4 Å². The third-order valence-electron chi connectivity index (χ3n) is 8.91. The van der Waals surface area contributed by atoms with Gasteiger partial charge in [0.2, 0.25) is 5.88 Å². The minimum Gasteiger partial charge on any atom is -0.490 e. The predicted molar refractivity (Wildman–Crippen MR) is 204 cm³/mol. The number of aromatic nitrogens is 7. The first-order valence-electron chi connectivity index (χ1n) is 17.3. The van der Waals surface area contributed by atoms with Crippen LogP contribution < -0.4 is 20.3 Å². The van der Waals surface area contributed by atoms with Gasteiger partial charge in [0.1, 0.15) is 29.7 Å². The molecule has 0 saturated heterocycles. The van der Waals surface area contributed by atoms with Crippen molar-refractivity contribution in [2.45, 2.75) is 97.7 Å². The smallest absolute Gasteiger partial charge is 0.277 e. The van der Waals surface area contributed by atoms with E-state index in [0.29, 0.717) is 54.5 Å². The Labute approximate surface area is 298 Å². The van der Waals surface area contributed by atoms with Crippen molar-refractivity contribution >= 4 is 28.0 Å². The second-order valence-corrected chi connectivity index (χ2v) is 25.8. The number of ether oxygens (including phenoxy) is 3. The second-order valence-electron chi connectivity index (χ2n) is 15.4. The molecule has 0 aliphatic heterocycles. The first-order valence-corrected chi connectivity index (χ1v) is 23.9. The van der Waals surface area contributed by atoms with Gasteiger partial charge in [0.25, 0.3) is 5.56 Å². The van der Waals surface area contributed by atoms with Crippen molar-refractivity contribution in [3.63, 3.8) is 0 Å². The summed E-state index contributed by atoms with van der Waals surface area (Å²) in [5.41, 5.74) is 1.71. The van der Waals surface area contributed by atoms with Gasteiger partial charge >= 0.3 is 0 Å². The molecule has 0 bridgehead atoms. The Morgan fingerprint density at radius 1 is 0.980 bits per heavy atom. The highest BCUT2D eigenvalue weighted by molar-refractivity contribution is 6.76. The van der Waals surface area contributed by atoms with E-state index in [1.807, 2.05) is 33.2 Å². The molecule has 1 N–H and O–H groups in total. The predicted octanol–water partition coefficient (Wildman–Crippen LogP) is 7.07. The molecule has 4 heterocycles. The van der Waals surface area contributed by atoms with E-state index >= 15 is 0 Å². The van der Waals surface area contributed by atoms with Crippen molar-refractivity contribution in [2.24, 2.45) is 14.1 Å². The lowest BCUT2D eigenvalue weighted by molar-refractivity contribution is 0.0703. The lowest BCUT2D eigenvalue weighted by atomic mass is 10.1. The molecule has 4 aromatic heterocycles. The van der Waals surface area contributed by atoms with Gasteiger partial charge in [-0.05, 0) is 44.1 Å². The number of nitrogens with zero attached hydrogens (tertiary/aromatic N) is 7. The molecular weight excluding hydrogens is 669 g/mol. The third-order valence-corrected chi connectivity index (χ3v) is 15.2. The zero-order chi connectivity index (χ0) is 36.9. The summed E-state index contributed by atoms with van der Waals surface area (Å²) < 4.78 is 29.7. The largest absolute Gasteiger partial charge is 0.490 e. The third kappa shape index (κ3) is 10.1. The van der Waals surface area contributed by atoms with E-state index < -0.39 is 16.4 Å². The monoisotopic (exact) mass is 724 g/mol. The van der Waals surface area contributed by atoms with Gasteiger partial charge in [0.15, 0.2) is 14.1 Å². The summed E-state index contributed by atoms with van der Waals surface area (Å²) in [7, 11) is 0.462. The van der Waals surface area contributed by atoms with Crippen LogP contribution in [0.5, 0.6) is 11.6 Å². The van der Waals surface area contributed by atoms with Crippen molar-refractivity contribution in [2.75, 3.05) is 25.1 Å². The molecule has 1 atom stereocenters. The van der Waals surface area contributed by atoms with E-state index in [2.05, 4.69) is 73.9 Å². The summed E-state index contributed by atoms with van der Waals surface area (Å²) >= 11 is 0. The maximum Gasteiger partial charge on any atom is 0.277 e. The maximum atomic E-state index is 13.2. The first kappa shape index (κ1) is 39.0. The molecule has 0 spiro atoms. The zero-order valence-corrected chi connectivity index (χ0v) is 34.0. The van der Waals surface area contributed by atoms with Crippen LogP contribution in [0.2, 0.25) is 43.8 Å². The average Bonchev–Trinajstić information content (AvgIpc) is 3.52. The van der Waals surface area contributed by atoms with Gasteiger partial charge in [-0.2, -0.15) is 0 Å². The van der Waals surface area contributed by atoms with Crippen LogP contribution in [0.25, 0.3) is 22.5 Å². The van der Waals surface area contributed by atoms with Gasteiger partial charge in [-0.25, -0.2) is 15.0 Å². The summed E-state index contributed by atoms with van der Waals surface area (Å²) in [6.07, 6.45) is 7.56. The Bertz CT molecular complexity index is 1790. The summed E-state index contributed by atoms with van der Waals surface area (Å²) in [4.78, 5) is 26.9. The SMILES string of the molecule is CCOc1nn(C)cc1-c1cnc(Nc2ccnc(-c3cn(COCC[Si](C)(C)C)n(C)c3=O)n2)cc1OC(C)CCO[Si](C)(C)C(C)(C)C. The quantitative estimate of drug-likeness (QED) is 0.0891. The fourth-order valence-electron chi connectivity index (χ4n) is 4.76. The number of nitrogens with one attached hydrogen (secondary N) is 1. The molecule has 0 aliphatic carbocycles. The van der Waals surface area contributed by atoms with E-state index in [9.17, 15) is 4.79 Å². The topological polar surface area (TPSA) is 132 Å². The minimum absolute atomic E-state index is 0.130. The Morgan fingerprint density at radius 2 is 1.72 bits per heavy atom. The van der Waals surface area contributed by atoms with Crippen molar-refractivity contribution in [1.82, 2.24) is 34.1 Å². The molecule has 274 valence electrons. The highest BCUT2D eigenvalue weighted by atomic mass is 28.4. The minimum atomic E-state index is -1.88. The first-order chi connectivity index (χ1) is 23.4. The number of aryl methyl sites for hydroxylation is 1. The molecule has 0 saturated carbocycles. The van der Waals surface area contributed by atoms with Crippen molar-refractivity contribution in [3.05, 3.63) is 47.3 Å². The molecule has 0 radical (unpaired) electrons. The molecule has 15 heteroatoms. The molecule has 0 amide bonds. The molecule has 1 unspecified atom stereocenters. The van der Waals surface area contributed by atoms with Crippen LogP contribution in [0.1, 0.15) is 41.0 Å². The van der Waals surface area contributed by atoms with E-state index in [-0.39, 0.29) is 23.4 Å². The molecule has 4 aromatic rings. The van der Waals surface area contributed by atoms with Crippen LogP contribution in [-0.2, 0) is 30.0 Å². The van der Waals surface area contributed by atoms with Crippen molar-refractivity contribution in [3.8, 4) is 34.1 Å². The lowest BCUT2D eigenvalue weighted by Crippen LogP contribution is -2.41. The molecular formula is C35H56N8O5Si2. The fraction of sp³-hybridized carbons (Fsp3) is 0.571. The number of pyridine rings is 1. The van der Waals surface area contributed by atoms with Gasteiger partial charge in [-0.1, -0.05) is 40.4 Å². The molecule has 0 fully saturated rings. The normalized spacial score (nSPS) is 13.0. The molecule has 13 nitrogen and oxygen atoms in total. The number of anilines is 2. The molecule has 50 heavy (non-hydrogen) atoms. The van der Waals surface area contributed by atoms with E-state index in [1.54, 1.807) is 41.1 Å². The number of hydrogen-bond acceptors (Lipinski definition) is 10. The fourth-order valence-corrected chi connectivity index (χ4v) is 6.58. The number of rotatable bonds is 17. The van der Waals surface area contributed by atoms with Gasteiger partial charge in [-0.3, -0.25) is 18.8 Å². The molecule has 0 aliphatic rings. The standard InChI is InChI=1S/C35H56N8O5Si2/c1-13-46-33-27(22-41(6)40-33)26-21-37-31(20-29(26)48-25(2)15-17-47-50(11,12)35(3,4)5)38-30-14-16-36-32(39-30)28-23-43(42(7)34(28)44)24-45-18-19-49(8,9)10/h14,16,20-23,25H,13,15,17-19,24H2,1-12H3,(H,36,37,38,39). The Kier molecular flexibility index (Phi) is 12.5. The van der Waals surface area contributed by atoms with Gasteiger partial charge < -0.3 is 24.0 Å². The maximum absolute atomic E-state index is 13.2. The molecule has 0 aromatic carbocycles. The number of hydrogen-bond donors (Lipinski definition) is 1. The van der Waals surface area contributed by atoms with Crippen LogP contribution >= 0.6 is 0 Å². The average molecular weight is 725 g/mol. The highest BCUT2D eigenvalue weighted by Gasteiger charge is 2.37. The van der Waals surface area contributed by atoms with Crippen LogP contribution in [0.4, 0.5) is 11.6 Å². The second kappa shape index (κ2) is 16.0. The van der Waals surface area contributed by atoms with E-state index in [1.165, 1.54) is 4.68 Å². The summed E-state index contributed by atoms with van der Waals surface area (Å²) in [6.45, 7) is 24.1. The highest BCUT2D eigenvalue weighted by Crippen LogP contribution is 2.39. The Morgan fingerprint density at radius 3 is 2.40 bits per heavy atom. The van der Waals surface area contributed by atoms with Gasteiger partial charge in [-0.15, -0.1) is 5.10 Å². The zero-order valence-electron chi connectivity index (χ0n) is 32.0. The Balaban J connectivity index is 1.57. The van der Waals surface area contributed by atoms with Crippen LogP contribution in [0.3, 0.4) is 0 Å². The van der Waals surface area contributed by atoms with Crippen LogP contribution in [0, 0.1) is 0 Å². The van der Waals surface area contributed by atoms with Gasteiger partial charge in [0.05, 0.1) is 18.3 Å². The van der Waals surface area contributed by atoms with Crippen molar-refractivity contribution < 1.29 is 18.6 Å². The van der Waals surface area contributed by atoms with E-state index in [4.69, 9.17) is 23.6 Å². The summed E-state index contributed by atoms with van der Waals surface area (Å²) in [5, 5.41) is 7.91.